The second-order valence-corrected chi connectivity index (χ2v) is 8.22. The van der Waals surface area contributed by atoms with Crippen LogP contribution in [0, 0.1) is 16.0 Å². The fourth-order valence-electron chi connectivity index (χ4n) is 4.24. The van der Waals surface area contributed by atoms with Crippen molar-refractivity contribution in [3.63, 3.8) is 0 Å². The molecule has 1 fully saturated rings. The molecule has 8 nitrogen and oxygen atoms in total. The minimum atomic E-state index is -0.480. The summed E-state index contributed by atoms with van der Waals surface area (Å²) in [4.78, 5) is 37.1. The van der Waals surface area contributed by atoms with Crippen LogP contribution in [0.4, 0.5) is 11.4 Å². The smallest absolute Gasteiger partial charge is 0.270 e. The molecule has 4 rings (SSSR count). The maximum atomic E-state index is 12.5. The third-order valence-electron chi connectivity index (χ3n) is 5.36. The SMILES string of the molecule is O=C(CN1C[C@H]2C[C@@H](C1)c1cccc(=O)n1C2)Nc1ccc([N+](=O)[O-])cc1Br. The van der Waals surface area contributed by atoms with Gasteiger partial charge in [-0.1, -0.05) is 6.07 Å². The minimum Gasteiger partial charge on any atom is -0.324 e. The Bertz CT molecular complexity index is 1010. The molecule has 0 aliphatic carbocycles. The van der Waals surface area contributed by atoms with Gasteiger partial charge in [-0.25, -0.2) is 0 Å². The Hall–Kier alpha value is -2.52. The summed E-state index contributed by atoms with van der Waals surface area (Å²) < 4.78 is 2.34. The number of nitro groups is 1. The van der Waals surface area contributed by atoms with Gasteiger partial charge in [-0.2, -0.15) is 0 Å². The second-order valence-electron chi connectivity index (χ2n) is 7.36. The van der Waals surface area contributed by atoms with Crippen LogP contribution in [0.5, 0.6) is 0 Å². The van der Waals surface area contributed by atoms with Crippen molar-refractivity contribution in [2.75, 3.05) is 25.0 Å². The van der Waals surface area contributed by atoms with Crippen LogP contribution in [-0.4, -0.2) is 39.9 Å². The molecule has 1 N–H and O–H groups in total. The molecular weight excluding hydrogens is 428 g/mol. The van der Waals surface area contributed by atoms with Gasteiger partial charge in [0.05, 0.1) is 17.2 Å². The lowest BCUT2D eigenvalue weighted by atomic mass is 9.83. The predicted octanol–water partition coefficient (Wildman–Crippen LogP) is 2.58. The highest BCUT2D eigenvalue weighted by Crippen LogP contribution is 2.35. The number of nitrogens with zero attached hydrogens (tertiary/aromatic N) is 3. The monoisotopic (exact) mass is 446 g/mol. The standard InChI is InChI=1S/C19H19BrN4O4/c20-15-7-14(24(27)28)4-5-16(15)21-18(25)11-22-8-12-6-13(10-22)17-2-1-3-19(26)23(17)9-12/h1-5,7,12-13H,6,8-11H2,(H,21,25)/t12-,13+/m1/s1. The maximum Gasteiger partial charge on any atom is 0.270 e. The molecule has 0 saturated carbocycles. The first-order valence-electron chi connectivity index (χ1n) is 9.06. The van der Waals surface area contributed by atoms with Gasteiger partial charge in [0, 0.05) is 53.9 Å². The van der Waals surface area contributed by atoms with Gasteiger partial charge in [-0.05, 0) is 40.4 Å². The summed E-state index contributed by atoms with van der Waals surface area (Å²) in [5, 5.41) is 13.6. The minimum absolute atomic E-state index is 0.0392. The van der Waals surface area contributed by atoms with Crippen LogP contribution in [-0.2, 0) is 11.3 Å². The number of pyridine rings is 1. The van der Waals surface area contributed by atoms with E-state index in [9.17, 15) is 19.7 Å². The average molecular weight is 447 g/mol. The number of hydrogen-bond donors (Lipinski definition) is 1. The van der Waals surface area contributed by atoms with Gasteiger partial charge in [0.25, 0.3) is 11.2 Å². The summed E-state index contributed by atoms with van der Waals surface area (Å²) in [6.45, 7) is 2.44. The number of carbonyl (C=O) groups is 1. The second kappa shape index (κ2) is 7.48. The Labute approximate surface area is 169 Å². The van der Waals surface area contributed by atoms with Gasteiger partial charge in [0.2, 0.25) is 5.91 Å². The first-order chi connectivity index (χ1) is 13.4. The first kappa shape index (κ1) is 18.8. The molecule has 0 radical (unpaired) electrons. The van der Waals surface area contributed by atoms with E-state index in [1.807, 2.05) is 10.6 Å². The summed E-state index contributed by atoms with van der Waals surface area (Å²) >= 11 is 3.27. The number of fused-ring (bicyclic) bond motifs is 4. The van der Waals surface area contributed by atoms with Crippen molar-refractivity contribution in [1.29, 1.82) is 0 Å². The Morgan fingerprint density at radius 2 is 2.07 bits per heavy atom. The molecule has 2 atom stereocenters. The van der Waals surface area contributed by atoms with E-state index in [0.717, 1.165) is 25.2 Å². The molecule has 1 aromatic heterocycles. The molecule has 0 unspecified atom stereocenters. The lowest BCUT2D eigenvalue weighted by Crippen LogP contribution is -2.49. The Kier molecular flexibility index (Phi) is 5.03. The van der Waals surface area contributed by atoms with Crippen LogP contribution in [0.3, 0.4) is 0 Å². The normalized spacial score (nSPS) is 21.0. The lowest BCUT2D eigenvalue weighted by Gasteiger charge is -2.42. The number of rotatable bonds is 4. The molecule has 2 aliphatic rings. The van der Waals surface area contributed by atoms with Crippen molar-refractivity contribution in [3.05, 3.63) is 67.0 Å². The number of hydrogen-bond acceptors (Lipinski definition) is 5. The Morgan fingerprint density at radius 1 is 1.25 bits per heavy atom. The van der Waals surface area contributed by atoms with Crippen molar-refractivity contribution in [1.82, 2.24) is 9.47 Å². The third-order valence-corrected chi connectivity index (χ3v) is 6.02. The van der Waals surface area contributed by atoms with Crippen LogP contribution in [0.25, 0.3) is 0 Å². The van der Waals surface area contributed by atoms with Gasteiger partial charge < -0.3 is 9.88 Å². The largest absolute Gasteiger partial charge is 0.324 e. The molecular formula is C19H19BrN4O4. The number of piperidine rings is 1. The van der Waals surface area contributed by atoms with E-state index < -0.39 is 4.92 Å². The maximum absolute atomic E-state index is 12.5. The van der Waals surface area contributed by atoms with E-state index in [1.165, 1.54) is 18.2 Å². The summed E-state index contributed by atoms with van der Waals surface area (Å²) in [5.74, 6) is 0.436. The summed E-state index contributed by atoms with van der Waals surface area (Å²) in [5.41, 5.74) is 1.56. The van der Waals surface area contributed by atoms with E-state index in [4.69, 9.17) is 0 Å². The number of benzene rings is 1. The third kappa shape index (κ3) is 3.72. The van der Waals surface area contributed by atoms with E-state index in [1.54, 1.807) is 12.1 Å². The molecule has 146 valence electrons. The number of nitrogens with one attached hydrogen (secondary N) is 1. The average Bonchev–Trinajstić information content (AvgIpc) is 2.64. The number of halogens is 1. The van der Waals surface area contributed by atoms with Gasteiger partial charge in [-0.15, -0.1) is 0 Å². The molecule has 2 bridgehead atoms. The van der Waals surface area contributed by atoms with E-state index in [-0.39, 0.29) is 29.6 Å². The summed E-state index contributed by atoms with van der Waals surface area (Å²) in [6, 6.07) is 9.65. The number of non-ortho nitro benzene ring substituents is 1. The van der Waals surface area contributed by atoms with Crippen molar-refractivity contribution >= 4 is 33.2 Å². The molecule has 1 aromatic carbocycles. The molecule has 2 aromatic rings. The fraction of sp³-hybridized carbons (Fsp3) is 0.368. The van der Waals surface area contributed by atoms with Gasteiger partial charge in [0.1, 0.15) is 0 Å². The molecule has 0 spiro atoms. The summed E-state index contributed by atoms with van der Waals surface area (Å²) in [7, 11) is 0. The van der Waals surface area contributed by atoms with Crippen molar-refractivity contribution in [2.45, 2.75) is 18.9 Å². The molecule has 9 heteroatoms. The topological polar surface area (TPSA) is 97.5 Å². The number of likely N-dealkylation sites (tertiary alicyclic amines) is 1. The van der Waals surface area contributed by atoms with Gasteiger partial charge in [0.15, 0.2) is 0 Å². The number of nitro benzene ring substituents is 1. The highest BCUT2D eigenvalue weighted by Gasteiger charge is 2.34. The van der Waals surface area contributed by atoms with Crippen molar-refractivity contribution in [2.24, 2.45) is 5.92 Å². The fourth-order valence-corrected chi connectivity index (χ4v) is 4.70. The van der Waals surface area contributed by atoms with Crippen molar-refractivity contribution in [3.8, 4) is 0 Å². The summed E-state index contributed by atoms with van der Waals surface area (Å²) in [6.07, 6.45) is 1.04. The van der Waals surface area contributed by atoms with E-state index >= 15 is 0 Å². The number of aromatic nitrogens is 1. The van der Waals surface area contributed by atoms with Crippen LogP contribution < -0.4 is 10.9 Å². The van der Waals surface area contributed by atoms with Crippen LogP contribution in [0.15, 0.2) is 45.7 Å². The highest BCUT2D eigenvalue weighted by molar-refractivity contribution is 9.10. The van der Waals surface area contributed by atoms with Crippen LogP contribution >= 0.6 is 15.9 Å². The van der Waals surface area contributed by atoms with Crippen LogP contribution in [0.2, 0.25) is 0 Å². The predicted molar refractivity (Wildman–Crippen MR) is 107 cm³/mol. The molecule has 28 heavy (non-hydrogen) atoms. The van der Waals surface area contributed by atoms with Gasteiger partial charge >= 0.3 is 0 Å². The Morgan fingerprint density at radius 3 is 2.82 bits per heavy atom. The highest BCUT2D eigenvalue weighted by atomic mass is 79.9. The van der Waals surface area contributed by atoms with Crippen molar-refractivity contribution < 1.29 is 9.72 Å². The zero-order chi connectivity index (χ0) is 19.8. The number of carbonyl (C=O) groups excluding carboxylic acids is 1. The zero-order valence-electron chi connectivity index (χ0n) is 15.0. The Balaban J connectivity index is 1.43. The molecule has 3 heterocycles. The number of anilines is 1. The van der Waals surface area contributed by atoms with E-state index in [2.05, 4.69) is 26.1 Å². The lowest BCUT2D eigenvalue weighted by molar-refractivity contribution is -0.384. The zero-order valence-corrected chi connectivity index (χ0v) is 16.6. The number of amides is 1. The van der Waals surface area contributed by atoms with E-state index in [0.29, 0.717) is 22.6 Å². The first-order valence-corrected chi connectivity index (χ1v) is 9.86. The van der Waals surface area contributed by atoms with Gasteiger partial charge in [-0.3, -0.25) is 24.6 Å². The quantitative estimate of drug-likeness (QED) is 0.574. The molecule has 1 saturated heterocycles. The molecule has 2 aliphatic heterocycles. The van der Waals surface area contributed by atoms with Crippen LogP contribution in [0.1, 0.15) is 18.0 Å². The molecule has 1 amide bonds.